The Morgan fingerprint density at radius 2 is 1.88 bits per heavy atom. The van der Waals surface area contributed by atoms with Gasteiger partial charge in [0.05, 0.1) is 10.6 Å². The maximum absolute atomic E-state index is 13.0. The fraction of sp³-hybridized carbons (Fsp3) is 0.263. The Labute approximate surface area is 155 Å². The fourth-order valence-corrected chi connectivity index (χ4v) is 3.77. The molecule has 7 heteroatoms. The number of carbonyl (C=O) groups is 1. The lowest BCUT2D eigenvalue weighted by Crippen LogP contribution is -2.28. The summed E-state index contributed by atoms with van der Waals surface area (Å²) in [6, 6.07) is 9.62. The molecular formula is C19H18FN3O2S. The summed E-state index contributed by atoms with van der Waals surface area (Å²) in [5.74, 6) is 0.957. The van der Waals surface area contributed by atoms with Crippen LogP contribution in [0.3, 0.4) is 0 Å². The number of carbonyl (C=O) groups excluding carboxylic acids is 1. The van der Waals surface area contributed by atoms with Crippen LogP contribution in [0.25, 0.3) is 6.08 Å². The van der Waals surface area contributed by atoms with Crippen molar-refractivity contribution in [3.05, 3.63) is 52.9 Å². The number of piperidine rings is 1. The van der Waals surface area contributed by atoms with Gasteiger partial charge in [0.25, 0.3) is 5.91 Å². The maximum atomic E-state index is 13.0. The molecule has 134 valence electrons. The van der Waals surface area contributed by atoms with E-state index in [0.717, 1.165) is 19.0 Å². The average Bonchev–Trinajstić information content (AvgIpc) is 3.25. The van der Waals surface area contributed by atoms with E-state index in [1.54, 1.807) is 18.2 Å². The van der Waals surface area contributed by atoms with Crippen LogP contribution in [0, 0.1) is 5.82 Å². The van der Waals surface area contributed by atoms with Crippen molar-refractivity contribution < 1.29 is 13.6 Å². The first kappa shape index (κ1) is 16.9. The van der Waals surface area contributed by atoms with Gasteiger partial charge in [-0.15, -0.1) is 0 Å². The number of aliphatic imine (C=N–C) groups is 1. The van der Waals surface area contributed by atoms with Gasteiger partial charge in [0.15, 0.2) is 11.1 Å². The predicted molar refractivity (Wildman–Crippen MR) is 102 cm³/mol. The number of rotatable bonds is 3. The molecule has 0 unspecified atom stereocenters. The van der Waals surface area contributed by atoms with Crippen molar-refractivity contribution in [1.29, 1.82) is 0 Å². The van der Waals surface area contributed by atoms with Crippen LogP contribution in [0.5, 0.6) is 0 Å². The van der Waals surface area contributed by atoms with Gasteiger partial charge in [-0.3, -0.25) is 4.79 Å². The monoisotopic (exact) mass is 371 g/mol. The van der Waals surface area contributed by atoms with E-state index in [2.05, 4.69) is 15.2 Å². The van der Waals surface area contributed by atoms with Crippen LogP contribution in [0.15, 0.2) is 50.7 Å². The van der Waals surface area contributed by atoms with E-state index in [1.807, 2.05) is 12.1 Å². The minimum atomic E-state index is -0.319. The van der Waals surface area contributed by atoms with E-state index in [4.69, 9.17) is 4.42 Å². The van der Waals surface area contributed by atoms with E-state index in [0.29, 0.717) is 21.5 Å². The van der Waals surface area contributed by atoms with Gasteiger partial charge < -0.3 is 14.6 Å². The summed E-state index contributed by atoms with van der Waals surface area (Å²) in [6.45, 7) is 2.01. The molecule has 2 aromatic rings. The van der Waals surface area contributed by atoms with Crippen LogP contribution in [0.2, 0.25) is 0 Å². The number of thioether (sulfide) groups is 1. The number of nitrogens with zero attached hydrogens (tertiary/aromatic N) is 2. The average molecular weight is 371 g/mol. The molecule has 2 aliphatic rings. The van der Waals surface area contributed by atoms with E-state index < -0.39 is 0 Å². The number of hydrogen-bond acceptors (Lipinski definition) is 5. The van der Waals surface area contributed by atoms with Crippen molar-refractivity contribution in [2.75, 3.05) is 18.0 Å². The van der Waals surface area contributed by atoms with Gasteiger partial charge in [0, 0.05) is 25.2 Å². The SMILES string of the molecule is O=C1NC(=Nc2ccc(F)cc2)S/C1=C\c1ccc(N2CCCCC2)o1. The highest BCUT2D eigenvalue weighted by Crippen LogP contribution is 2.30. The third-order valence-corrected chi connectivity index (χ3v) is 5.17. The molecule has 3 heterocycles. The molecule has 5 nitrogen and oxygen atoms in total. The Bertz CT molecular complexity index is 867. The molecule has 0 atom stereocenters. The molecule has 0 aliphatic carbocycles. The molecule has 0 radical (unpaired) electrons. The van der Waals surface area contributed by atoms with Gasteiger partial charge >= 0.3 is 0 Å². The quantitative estimate of drug-likeness (QED) is 0.818. The molecule has 2 saturated heterocycles. The molecule has 0 bridgehead atoms. The summed E-state index contributed by atoms with van der Waals surface area (Å²) < 4.78 is 18.8. The molecule has 1 N–H and O–H groups in total. The summed E-state index contributed by atoms with van der Waals surface area (Å²) in [5, 5.41) is 3.19. The lowest BCUT2D eigenvalue weighted by Gasteiger charge is -2.25. The Morgan fingerprint density at radius 3 is 2.65 bits per heavy atom. The predicted octanol–water partition coefficient (Wildman–Crippen LogP) is 4.30. The van der Waals surface area contributed by atoms with Gasteiger partial charge in [0.2, 0.25) is 0 Å². The molecule has 1 aromatic carbocycles. The van der Waals surface area contributed by atoms with Crippen molar-refractivity contribution in [1.82, 2.24) is 5.32 Å². The topological polar surface area (TPSA) is 57.8 Å². The molecule has 2 fully saturated rings. The molecule has 2 aliphatic heterocycles. The van der Waals surface area contributed by atoms with Gasteiger partial charge in [-0.05, 0) is 61.4 Å². The standard InChI is InChI=1S/C19H18FN3O2S/c20-13-4-6-14(7-5-13)21-19-22-18(24)16(26-19)12-15-8-9-17(25-15)23-10-2-1-3-11-23/h4-9,12H,1-3,10-11H2,(H,21,22,24)/b16-12-. The number of halogens is 1. The first-order valence-corrected chi connectivity index (χ1v) is 9.39. The minimum Gasteiger partial charge on any atom is -0.441 e. The normalized spacial score (nSPS) is 20.8. The number of nitrogens with one attached hydrogen (secondary N) is 1. The zero-order chi connectivity index (χ0) is 17.9. The van der Waals surface area contributed by atoms with Gasteiger partial charge in [0.1, 0.15) is 11.6 Å². The number of hydrogen-bond donors (Lipinski definition) is 1. The van der Waals surface area contributed by atoms with Crippen molar-refractivity contribution in [2.45, 2.75) is 19.3 Å². The molecule has 4 rings (SSSR count). The first-order valence-electron chi connectivity index (χ1n) is 8.57. The zero-order valence-corrected chi connectivity index (χ0v) is 14.9. The van der Waals surface area contributed by atoms with Crippen LogP contribution in [0.1, 0.15) is 25.0 Å². The second-order valence-electron chi connectivity index (χ2n) is 6.18. The van der Waals surface area contributed by atoms with Crippen LogP contribution in [-0.4, -0.2) is 24.2 Å². The smallest absolute Gasteiger partial charge is 0.264 e. The summed E-state index contributed by atoms with van der Waals surface area (Å²) in [4.78, 5) is 19.2. The summed E-state index contributed by atoms with van der Waals surface area (Å²) in [7, 11) is 0. The van der Waals surface area contributed by atoms with Crippen LogP contribution < -0.4 is 10.2 Å². The van der Waals surface area contributed by atoms with Crippen molar-refractivity contribution in [3.63, 3.8) is 0 Å². The first-order chi connectivity index (χ1) is 12.7. The lowest BCUT2D eigenvalue weighted by molar-refractivity contribution is -0.115. The number of benzene rings is 1. The maximum Gasteiger partial charge on any atom is 0.264 e. The Morgan fingerprint density at radius 1 is 1.12 bits per heavy atom. The largest absolute Gasteiger partial charge is 0.441 e. The highest BCUT2D eigenvalue weighted by Gasteiger charge is 2.24. The number of anilines is 1. The molecule has 0 spiro atoms. The van der Waals surface area contributed by atoms with E-state index in [9.17, 15) is 9.18 Å². The van der Waals surface area contributed by atoms with Crippen molar-refractivity contribution in [2.24, 2.45) is 4.99 Å². The van der Waals surface area contributed by atoms with E-state index in [1.165, 1.54) is 43.2 Å². The van der Waals surface area contributed by atoms with E-state index >= 15 is 0 Å². The van der Waals surface area contributed by atoms with Crippen molar-refractivity contribution in [3.8, 4) is 0 Å². The Hall–Kier alpha value is -2.54. The molecule has 1 amide bonds. The van der Waals surface area contributed by atoms with Crippen LogP contribution in [0.4, 0.5) is 16.0 Å². The Kier molecular flexibility index (Phi) is 4.79. The Balaban J connectivity index is 1.48. The molecular weight excluding hydrogens is 353 g/mol. The lowest BCUT2D eigenvalue weighted by atomic mass is 10.1. The third kappa shape index (κ3) is 3.83. The highest BCUT2D eigenvalue weighted by atomic mass is 32.2. The molecule has 1 aromatic heterocycles. The number of amidine groups is 1. The van der Waals surface area contributed by atoms with Gasteiger partial charge in [-0.1, -0.05) is 0 Å². The summed E-state index contributed by atoms with van der Waals surface area (Å²) >= 11 is 1.24. The number of amides is 1. The fourth-order valence-electron chi connectivity index (χ4n) is 2.95. The molecule has 26 heavy (non-hydrogen) atoms. The minimum absolute atomic E-state index is 0.216. The summed E-state index contributed by atoms with van der Waals surface area (Å²) in [6.07, 6.45) is 5.35. The second kappa shape index (κ2) is 7.37. The number of furan rings is 1. The van der Waals surface area contributed by atoms with Gasteiger partial charge in [-0.2, -0.15) is 0 Å². The highest BCUT2D eigenvalue weighted by molar-refractivity contribution is 8.18. The molecule has 0 saturated carbocycles. The van der Waals surface area contributed by atoms with Crippen molar-refractivity contribution >= 4 is 40.5 Å². The summed E-state index contributed by atoms with van der Waals surface area (Å²) in [5.41, 5.74) is 0.584. The van der Waals surface area contributed by atoms with Crippen LogP contribution >= 0.6 is 11.8 Å². The van der Waals surface area contributed by atoms with E-state index in [-0.39, 0.29) is 11.7 Å². The second-order valence-corrected chi connectivity index (χ2v) is 7.21. The van der Waals surface area contributed by atoms with Gasteiger partial charge in [-0.25, -0.2) is 9.38 Å². The third-order valence-electron chi connectivity index (χ3n) is 4.26. The zero-order valence-electron chi connectivity index (χ0n) is 14.1. The van der Waals surface area contributed by atoms with Crippen LogP contribution in [-0.2, 0) is 4.79 Å².